The summed E-state index contributed by atoms with van der Waals surface area (Å²) in [6, 6.07) is 0.573. The lowest BCUT2D eigenvalue weighted by Crippen LogP contribution is -2.23. The zero-order valence-electron chi connectivity index (χ0n) is 7.09. The Bertz CT molecular complexity index is 203. The predicted molar refractivity (Wildman–Crippen MR) is 48.0 cm³/mol. The highest BCUT2D eigenvalue weighted by Crippen LogP contribution is 2.26. The highest BCUT2D eigenvalue weighted by atomic mass is 14.8. The van der Waals surface area contributed by atoms with E-state index >= 15 is 0 Å². The monoisotopic (exact) mass is 149 g/mol. The van der Waals surface area contributed by atoms with Crippen LogP contribution in [0.15, 0.2) is 17.1 Å². The smallest absolute Gasteiger partial charge is 0.0475 e. The Labute approximate surface area is 68.2 Å². The lowest BCUT2D eigenvalue weighted by atomic mass is 9.85. The molecule has 0 aromatic carbocycles. The molecule has 2 aliphatic rings. The van der Waals surface area contributed by atoms with Gasteiger partial charge in [0, 0.05) is 17.7 Å². The van der Waals surface area contributed by atoms with Crippen LogP contribution in [0.1, 0.15) is 32.6 Å². The van der Waals surface area contributed by atoms with Crippen molar-refractivity contribution < 1.29 is 0 Å². The van der Waals surface area contributed by atoms with Crippen LogP contribution in [-0.4, -0.2) is 11.8 Å². The van der Waals surface area contributed by atoms with Gasteiger partial charge in [-0.3, -0.25) is 4.99 Å². The van der Waals surface area contributed by atoms with Crippen LogP contribution >= 0.6 is 0 Å². The maximum atomic E-state index is 4.63. The van der Waals surface area contributed by atoms with Crippen LogP contribution < -0.4 is 0 Å². The Morgan fingerprint density at radius 1 is 1.36 bits per heavy atom. The molecule has 0 aromatic rings. The van der Waals surface area contributed by atoms with Gasteiger partial charge in [0.15, 0.2) is 0 Å². The van der Waals surface area contributed by atoms with Crippen LogP contribution in [0, 0.1) is 5.92 Å². The van der Waals surface area contributed by atoms with E-state index in [4.69, 9.17) is 0 Å². The average molecular weight is 149 g/mol. The van der Waals surface area contributed by atoms with Gasteiger partial charge in [0.1, 0.15) is 0 Å². The summed E-state index contributed by atoms with van der Waals surface area (Å²) in [6.07, 6.45) is 9.74. The van der Waals surface area contributed by atoms with Crippen LogP contribution in [0.25, 0.3) is 0 Å². The van der Waals surface area contributed by atoms with Crippen molar-refractivity contribution in [1.82, 2.24) is 0 Å². The van der Waals surface area contributed by atoms with Crippen LogP contribution in [-0.2, 0) is 0 Å². The van der Waals surface area contributed by atoms with Gasteiger partial charge in [0.2, 0.25) is 0 Å². The van der Waals surface area contributed by atoms with Crippen LogP contribution in [0.4, 0.5) is 0 Å². The van der Waals surface area contributed by atoms with E-state index in [-0.39, 0.29) is 0 Å². The molecule has 1 aliphatic carbocycles. The summed E-state index contributed by atoms with van der Waals surface area (Å²) in [7, 11) is 0. The van der Waals surface area contributed by atoms with Gasteiger partial charge in [-0.2, -0.15) is 0 Å². The molecule has 0 bridgehead atoms. The first kappa shape index (κ1) is 7.08. The van der Waals surface area contributed by atoms with Gasteiger partial charge in [-0.05, 0) is 38.7 Å². The second kappa shape index (κ2) is 2.80. The van der Waals surface area contributed by atoms with Crippen molar-refractivity contribution in [1.29, 1.82) is 0 Å². The third-order valence-corrected chi connectivity index (χ3v) is 2.69. The number of hydrogen-bond donors (Lipinski definition) is 0. The summed E-state index contributed by atoms with van der Waals surface area (Å²) in [5, 5.41) is 0. The van der Waals surface area contributed by atoms with E-state index in [9.17, 15) is 0 Å². The number of rotatable bonds is 0. The minimum atomic E-state index is 0.573. The molecule has 2 rings (SSSR count). The largest absolute Gasteiger partial charge is 0.286 e. The molecular formula is C10H15N. The molecule has 1 heterocycles. The predicted octanol–water partition coefficient (Wildman–Crippen LogP) is 2.58. The minimum Gasteiger partial charge on any atom is -0.286 e. The summed E-state index contributed by atoms with van der Waals surface area (Å²) in [5.41, 5.74) is 1.37. The van der Waals surface area contributed by atoms with Gasteiger partial charge in [0.05, 0.1) is 0 Å². The molecule has 60 valence electrons. The Morgan fingerprint density at radius 3 is 3.18 bits per heavy atom. The van der Waals surface area contributed by atoms with Crippen molar-refractivity contribution >= 4 is 5.71 Å². The first-order chi connectivity index (χ1) is 5.36. The van der Waals surface area contributed by atoms with Crippen molar-refractivity contribution in [2.24, 2.45) is 10.9 Å². The van der Waals surface area contributed by atoms with Crippen LogP contribution in [0.5, 0.6) is 0 Å². The molecule has 2 atom stereocenters. The first-order valence-electron chi connectivity index (χ1n) is 4.60. The molecule has 0 aromatic heterocycles. The van der Waals surface area contributed by atoms with E-state index in [1.165, 1.54) is 31.4 Å². The summed E-state index contributed by atoms with van der Waals surface area (Å²) in [5.74, 6) is 0.802. The average Bonchev–Trinajstić information content (AvgIpc) is 2.04. The van der Waals surface area contributed by atoms with Crippen molar-refractivity contribution in [2.45, 2.75) is 38.6 Å². The fourth-order valence-electron chi connectivity index (χ4n) is 1.99. The molecule has 1 nitrogen and oxygen atoms in total. The van der Waals surface area contributed by atoms with E-state index in [0.29, 0.717) is 6.04 Å². The summed E-state index contributed by atoms with van der Waals surface area (Å²) >= 11 is 0. The Hall–Kier alpha value is -0.590. The quantitative estimate of drug-likeness (QED) is 0.502. The van der Waals surface area contributed by atoms with E-state index in [2.05, 4.69) is 24.1 Å². The maximum Gasteiger partial charge on any atom is 0.0475 e. The molecule has 1 aliphatic heterocycles. The molecule has 0 radical (unpaired) electrons. The minimum absolute atomic E-state index is 0.573. The van der Waals surface area contributed by atoms with Gasteiger partial charge >= 0.3 is 0 Å². The summed E-state index contributed by atoms with van der Waals surface area (Å²) < 4.78 is 0. The molecule has 1 heteroatoms. The van der Waals surface area contributed by atoms with E-state index < -0.39 is 0 Å². The molecule has 11 heavy (non-hydrogen) atoms. The zero-order chi connectivity index (χ0) is 7.68. The Kier molecular flexibility index (Phi) is 1.80. The van der Waals surface area contributed by atoms with Crippen molar-refractivity contribution in [3.63, 3.8) is 0 Å². The van der Waals surface area contributed by atoms with Gasteiger partial charge in [-0.15, -0.1) is 0 Å². The third kappa shape index (κ3) is 1.37. The topological polar surface area (TPSA) is 12.4 Å². The lowest BCUT2D eigenvalue weighted by molar-refractivity contribution is 0.483. The normalized spacial score (nSPS) is 36.3. The Morgan fingerprint density at radius 2 is 2.27 bits per heavy atom. The van der Waals surface area contributed by atoms with Gasteiger partial charge in [-0.1, -0.05) is 6.08 Å². The molecule has 0 saturated heterocycles. The molecule has 0 N–H and O–H groups in total. The number of fused-ring (bicyclic) bond motifs is 1. The first-order valence-corrected chi connectivity index (χ1v) is 4.60. The van der Waals surface area contributed by atoms with Crippen molar-refractivity contribution in [2.75, 3.05) is 0 Å². The highest BCUT2D eigenvalue weighted by molar-refractivity contribution is 5.98. The SMILES string of the molecule is CC1CC[C@@H]2CCC=CC2=N1. The Balaban J connectivity index is 2.22. The molecule has 0 spiro atoms. The number of hydrogen-bond acceptors (Lipinski definition) is 1. The molecule has 1 unspecified atom stereocenters. The number of nitrogens with zero attached hydrogens (tertiary/aromatic N) is 1. The molecule has 0 amide bonds. The summed E-state index contributed by atoms with van der Waals surface area (Å²) in [6.45, 7) is 2.21. The summed E-state index contributed by atoms with van der Waals surface area (Å²) in [4.78, 5) is 4.63. The van der Waals surface area contributed by atoms with Crippen LogP contribution in [0.3, 0.4) is 0 Å². The molecule has 0 fully saturated rings. The van der Waals surface area contributed by atoms with E-state index in [0.717, 1.165) is 5.92 Å². The lowest BCUT2D eigenvalue weighted by Gasteiger charge is -2.26. The third-order valence-electron chi connectivity index (χ3n) is 2.69. The molecular weight excluding hydrogens is 134 g/mol. The van der Waals surface area contributed by atoms with E-state index in [1.807, 2.05) is 0 Å². The van der Waals surface area contributed by atoms with E-state index in [1.54, 1.807) is 0 Å². The number of aliphatic imine (C=N–C) groups is 1. The molecule has 0 saturated carbocycles. The second-order valence-corrected chi connectivity index (χ2v) is 3.66. The standard InChI is InChI=1S/C10H15N/c1-8-6-7-9-4-2-3-5-10(9)11-8/h3,5,8-9H,2,4,6-7H2,1H3/t8?,9-/m0/s1. The zero-order valence-corrected chi connectivity index (χ0v) is 7.09. The number of allylic oxidation sites excluding steroid dienone is 2. The highest BCUT2D eigenvalue weighted by Gasteiger charge is 2.21. The van der Waals surface area contributed by atoms with Crippen molar-refractivity contribution in [3.05, 3.63) is 12.2 Å². The van der Waals surface area contributed by atoms with Gasteiger partial charge in [0.25, 0.3) is 0 Å². The maximum absolute atomic E-state index is 4.63. The van der Waals surface area contributed by atoms with Gasteiger partial charge < -0.3 is 0 Å². The van der Waals surface area contributed by atoms with Gasteiger partial charge in [-0.25, -0.2) is 0 Å². The second-order valence-electron chi connectivity index (χ2n) is 3.66. The fourth-order valence-corrected chi connectivity index (χ4v) is 1.99. The van der Waals surface area contributed by atoms with Crippen molar-refractivity contribution in [3.8, 4) is 0 Å². The van der Waals surface area contributed by atoms with Crippen LogP contribution in [0.2, 0.25) is 0 Å². The fraction of sp³-hybridized carbons (Fsp3) is 0.700.